The van der Waals surface area contributed by atoms with Gasteiger partial charge in [-0.05, 0) is 19.1 Å². The molecule has 2 aromatic rings. The van der Waals surface area contributed by atoms with Crippen LogP contribution in [0, 0.1) is 6.92 Å². The summed E-state index contributed by atoms with van der Waals surface area (Å²) >= 11 is 3.15. The third kappa shape index (κ3) is 2.43. The zero-order valence-corrected chi connectivity index (χ0v) is 10.0. The first-order chi connectivity index (χ1) is 7.15. The maximum atomic E-state index is 10.8. The van der Waals surface area contributed by atoms with Gasteiger partial charge in [0.1, 0.15) is 0 Å². The number of aromatic nitrogens is 1. The highest BCUT2D eigenvalue weighted by Gasteiger charge is 2.06. The van der Waals surface area contributed by atoms with Gasteiger partial charge in [-0.3, -0.25) is 4.79 Å². The Kier molecular flexibility index (Phi) is 2.83. The first-order valence-corrected chi connectivity index (χ1v) is 6.14. The lowest BCUT2D eigenvalue weighted by Crippen LogP contribution is -2.04. The number of rotatable bonds is 2. The molecule has 78 valence electrons. The van der Waals surface area contributed by atoms with Crippen LogP contribution in [0.1, 0.15) is 11.8 Å². The van der Waals surface area contributed by atoms with Gasteiger partial charge in [-0.2, -0.15) is 0 Å². The Morgan fingerprint density at radius 2 is 2.27 bits per heavy atom. The second-order valence-corrected chi connectivity index (χ2v) is 5.28. The van der Waals surface area contributed by atoms with E-state index in [2.05, 4.69) is 23.3 Å². The van der Waals surface area contributed by atoms with Crippen molar-refractivity contribution in [1.82, 2.24) is 4.98 Å². The third-order valence-corrected chi connectivity index (χ3v) is 3.56. The van der Waals surface area contributed by atoms with Crippen LogP contribution in [0.25, 0.3) is 10.6 Å². The summed E-state index contributed by atoms with van der Waals surface area (Å²) in [4.78, 5) is 17.6. The molecule has 2 heterocycles. The van der Waals surface area contributed by atoms with E-state index in [1.807, 2.05) is 11.4 Å². The predicted molar refractivity (Wildman–Crippen MR) is 64.5 cm³/mol. The van der Waals surface area contributed by atoms with Gasteiger partial charge >= 0.3 is 0 Å². The molecule has 5 heteroatoms. The van der Waals surface area contributed by atoms with Gasteiger partial charge < -0.3 is 5.32 Å². The molecule has 0 aromatic carbocycles. The molecule has 0 saturated heterocycles. The van der Waals surface area contributed by atoms with Crippen molar-refractivity contribution in [3.05, 3.63) is 22.4 Å². The molecule has 3 nitrogen and oxygen atoms in total. The number of aryl methyl sites for hydroxylation is 1. The molecule has 2 rings (SSSR count). The number of carbonyl (C=O) groups is 1. The molecule has 0 aliphatic rings. The fourth-order valence-electron chi connectivity index (χ4n) is 1.17. The van der Waals surface area contributed by atoms with Crippen LogP contribution < -0.4 is 5.32 Å². The van der Waals surface area contributed by atoms with Crippen molar-refractivity contribution >= 4 is 33.7 Å². The number of anilines is 1. The Hall–Kier alpha value is -1.20. The highest BCUT2D eigenvalue weighted by Crippen LogP contribution is 2.30. The number of hydrogen-bond acceptors (Lipinski definition) is 4. The van der Waals surface area contributed by atoms with E-state index < -0.39 is 0 Å². The van der Waals surface area contributed by atoms with Crippen LogP contribution in [0.4, 0.5) is 5.13 Å². The monoisotopic (exact) mass is 238 g/mol. The molecule has 0 radical (unpaired) electrons. The summed E-state index contributed by atoms with van der Waals surface area (Å²) < 4.78 is 0. The van der Waals surface area contributed by atoms with Crippen molar-refractivity contribution in [2.75, 3.05) is 5.32 Å². The lowest BCUT2D eigenvalue weighted by atomic mass is 10.4. The Labute approximate surface area is 95.8 Å². The number of carbonyl (C=O) groups excluding carboxylic acids is 1. The van der Waals surface area contributed by atoms with Crippen LogP contribution in [-0.4, -0.2) is 10.9 Å². The third-order valence-electron chi connectivity index (χ3n) is 1.78. The van der Waals surface area contributed by atoms with E-state index in [1.54, 1.807) is 11.3 Å². The molecule has 0 atom stereocenters. The Bertz CT molecular complexity index is 487. The number of amides is 1. The van der Waals surface area contributed by atoms with Crippen molar-refractivity contribution in [3.63, 3.8) is 0 Å². The summed E-state index contributed by atoms with van der Waals surface area (Å²) in [6.45, 7) is 3.55. The van der Waals surface area contributed by atoms with Crippen molar-refractivity contribution in [3.8, 4) is 10.6 Å². The van der Waals surface area contributed by atoms with Gasteiger partial charge in [-0.25, -0.2) is 4.98 Å². The van der Waals surface area contributed by atoms with E-state index in [-0.39, 0.29) is 5.91 Å². The highest BCUT2D eigenvalue weighted by molar-refractivity contribution is 7.17. The van der Waals surface area contributed by atoms with E-state index in [0.717, 1.165) is 10.6 Å². The molecule has 0 fully saturated rings. The van der Waals surface area contributed by atoms with E-state index in [4.69, 9.17) is 0 Å². The summed E-state index contributed by atoms with van der Waals surface area (Å²) in [5.74, 6) is -0.0849. The fourth-order valence-corrected chi connectivity index (χ4v) is 2.83. The summed E-state index contributed by atoms with van der Waals surface area (Å²) in [5.41, 5.74) is 0.932. The molecule has 0 bridgehead atoms. The average molecular weight is 238 g/mol. The number of nitrogens with one attached hydrogen (secondary N) is 1. The number of thiophene rings is 1. The Balaban J connectivity index is 2.23. The average Bonchev–Trinajstić information content (AvgIpc) is 2.72. The highest BCUT2D eigenvalue weighted by atomic mass is 32.1. The maximum Gasteiger partial charge on any atom is 0.223 e. The van der Waals surface area contributed by atoms with Crippen molar-refractivity contribution in [1.29, 1.82) is 0 Å². The predicted octanol–water partition coefficient (Wildman–Crippen LogP) is 3.14. The first-order valence-electron chi connectivity index (χ1n) is 4.45. The van der Waals surface area contributed by atoms with Crippen LogP contribution in [0.3, 0.4) is 0 Å². The smallest absolute Gasteiger partial charge is 0.223 e. The van der Waals surface area contributed by atoms with E-state index in [1.165, 1.54) is 23.1 Å². The van der Waals surface area contributed by atoms with Crippen molar-refractivity contribution < 1.29 is 4.79 Å². The second-order valence-electron chi connectivity index (χ2n) is 3.13. The number of nitrogens with zero attached hydrogens (tertiary/aromatic N) is 1. The van der Waals surface area contributed by atoms with Crippen LogP contribution >= 0.6 is 22.7 Å². The van der Waals surface area contributed by atoms with Crippen LogP contribution in [0.5, 0.6) is 0 Å². The molecule has 2 aromatic heterocycles. The summed E-state index contributed by atoms with van der Waals surface area (Å²) in [6.07, 6.45) is 0. The molecule has 0 spiro atoms. The van der Waals surface area contributed by atoms with Gasteiger partial charge in [0.15, 0.2) is 5.13 Å². The zero-order chi connectivity index (χ0) is 10.8. The SMILES string of the molecule is CC(=O)Nc1nc(-c2ccc(C)s2)cs1. The molecule has 1 amide bonds. The minimum Gasteiger partial charge on any atom is -0.302 e. The van der Waals surface area contributed by atoms with Gasteiger partial charge in [0.25, 0.3) is 0 Å². The van der Waals surface area contributed by atoms with E-state index in [0.29, 0.717) is 5.13 Å². The zero-order valence-electron chi connectivity index (χ0n) is 8.40. The van der Waals surface area contributed by atoms with Crippen LogP contribution in [0.2, 0.25) is 0 Å². The Morgan fingerprint density at radius 3 is 2.87 bits per heavy atom. The van der Waals surface area contributed by atoms with E-state index in [9.17, 15) is 4.79 Å². The van der Waals surface area contributed by atoms with Gasteiger partial charge in [0, 0.05) is 17.2 Å². The molecular formula is C10H10N2OS2. The minimum absolute atomic E-state index is 0.0849. The van der Waals surface area contributed by atoms with Crippen LogP contribution in [0.15, 0.2) is 17.5 Å². The molecule has 1 N–H and O–H groups in total. The lowest BCUT2D eigenvalue weighted by Gasteiger charge is -1.93. The summed E-state index contributed by atoms with van der Waals surface area (Å²) in [6, 6.07) is 4.12. The van der Waals surface area contributed by atoms with Crippen molar-refractivity contribution in [2.24, 2.45) is 0 Å². The quantitative estimate of drug-likeness (QED) is 0.873. The standard InChI is InChI=1S/C10H10N2OS2/c1-6-3-4-9(15-6)8-5-14-10(12-8)11-7(2)13/h3-5H,1-2H3,(H,11,12,13). The summed E-state index contributed by atoms with van der Waals surface area (Å²) in [5, 5.41) is 5.29. The summed E-state index contributed by atoms with van der Waals surface area (Å²) in [7, 11) is 0. The molecule has 0 aliphatic heterocycles. The first kappa shape index (κ1) is 10.3. The Morgan fingerprint density at radius 1 is 1.47 bits per heavy atom. The van der Waals surface area contributed by atoms with Gasteiger partial charge in [0.2, 0.25) is 5.91 Å². The van der Waals surface area contributed by atoms with Crippen LogP contribution in [-0.2, 0) is 4.79 Å². The largest absolute Gasteiger partial charge is 0.302 e. The maximum absolute atomic E-state index is 10.8. The molecule has 15 heavy (non-hydrogen) atoms. The lowest BCUT2D eigenvalue weighted by molar-refractivity contribution is -0.114. The van der Waals surface area contributed by atoms with Gasteiger partial charge in [-0.15, -0.1) is 22.7 Å². The molecule has 0 unspecified atom stereocenters. The molecular weight excluding hydrogens is 228 g/mol. The number of hydrogen-bond donors (Lipinski definition) is 1. The van der Waals surface area contributed by atoms with Gasteiger partial charge in [-0.1, -0.05) is 0 Å². The van der Waals surface area contributed by atoms with Gasteiger partial charge in [0.05, 0.1) is 10.6 Å². The minimum atomic E-state index is -0.0849. The topological polar surface area (TPSA) is 42.0 Å². The van der Waals surface area contributed by atoms with Crippen molar-refractivity contribution in [2.45, 2.75) is 13.8 Å². The molecule has 0 saturated carbocycles. The van der Waals surface area contributed by atoms with E-state index >= 15 is 0 Å². The fraction of sp³-hybridized carbons (Fsp3) is 0.200. The number of thiazole rings is 1. The normalized spacial score (nSPS) is 10.3. The second kappa shape index (κ2) is 4.12. The molecule has 0 aliphatic carbocycles.